The minimum Gasteiger partial charge on any atom is -0.480 e. The lowest BCUT2D eigenvalue weighted by Gasteiger charge is -2.24. The summed E-state index contributed by atoms with van der Waals surface area (Å²) in [5.41, 5.74) is 10.4. The molecule has 0 saturated carbocycles. The van der Waals surface area contributed by atoms with E-state index in [1.807, 2.05) is 0 Å². The summed E-state index contributed by atoms with van der Waals surface area (Å²) in [6.45, 7) is 1.14. The van der Waals surface area contributed by atoms with Crippen molar-refractivity contribution in [2.75, 3.05) is 13.1 Å². The first kappa shape index (κ1) is 16.2. The van der Waals surface area contributed by atoms with Crippen LogP contribution in [0.15, 0.2) is 4.99 Å². The molecule has 2 atom stereocenters. The minimum atomic E-state index is -1.04. The predicted octanol–water partition coefficient (Wildman–Crippen LogP) is -1.25. The van der Waals surface area contributed by atoms with E-state index >= 15 is 0 Å². The molecule has 1 heterocycles. The molecular formula is C12H23N5O3. The number of hydrogen-bond acceptors (Lipinski definition) is 4. The zero-order valence-corrected chi connectivity index (χ0v) is 11.5. The van der Waals surface area contributed by atoms with Crippen molar-refractivity contribution in [3.8, 4) is 0 Å². The van der Waals surface area contributed by atoms with Crippen LogP contribution in [0.1, 0.15) is 32.1 Å². The Morgan fingerprint density at radius 2 is 2.15 bits per heavy atom. The maximum Gasteiger partial charge on any atom is 0.326 e. The molecule has 1 fully saturated rings. The molecule has 0 aromatic carbocycles. The van der Waals surface area contributed by atoms with Crippen LogP contribution in [-0.2, 0) is 9.59 Å². The van der Waals surface area contributed by atoms with Gasteiger partial charge in [-0.05, 0) is 32.2 Å². The Balaban J connectivity index is 2.39. The number of piperidine rings is 1. The van der Waals surface area contributed by atoms with E-state index in [-0.39, 0.29) is 17.9 Å². The number of carboxylic acid groups (broad SMARTS) is 1. The zero-order chi connectivity index (χ0) is 15.0. The van der Waals surface area contributed by atoms with Gasteiger partial charge in [0.25, 0.3) is 0 Å². The molecule has 1 aliphatic heterocycles. The number of carbonyl (C=O) groups is 2. The molecule has 1 amide bonds. The van der Waals surface area contributed by atoms with Gasteiger partial charge in [-0.3, -0.25) is 9.79 Å². The number of carboxylic acids is 1. The Kier molecular flexibility index (Phi) is 6.78. The third-order valence-corrected chi connectivity index (χ3v) is 3.19. The number of nitrogens with one attached hydrogen (secondary N) is 2. The SMILES string of the molecule is NC(N)=NCCC[C@H](NC(=O)C1CCCCN1)C(=O)O. The van der Waals surface area contributed by atoms with Gasteiger partial charge in [-0.1, -0.05) is 6.42 Å². The molecule has 20 heavy (non-hydrogen) atoms. The number of aliphatic imine (C=N–C) groups is 1. The van der Waals surface area contributed by atoms with Gasteiger partial charge in [0.15, 0.2) is 5.96 Å². The molecule has 1 aliphatic rings. The number of aliphatic carboxylic acids is 1. The van der Waals surface area contributed by atoms with Gasteiger partial charge in [-0.2, -0.15) is 0 Å². The molecule has 114 valence electrons. The highest BCUT2D eigenvalue weighted by atomic mass is 16.4. The van der Waals surface area contributed by atoms with E-state index in [4.69, 9.17) is 16.6 Å². The Morgan fingerprint density at radius 3 is 2.70 bits per heavy atom. The van der Waals surface area contributed by atoms with Crippen molar-refractivity contribution < 1.29 is 14.7 Å². The average Bonchev–Trinajstić information content (AvgIpc) is 2.42. The molecule has 0 aromatic rings. The van der Waals surface area contributed by atoms with E-state index in [2.05, 4.69) is 15.6 Å². The molecule has 1 saturated heterocycles. The lowest BCUT2D eigenvalue weighted by molar-refractivity contribution is -0.142. The number of hydrogen-bond donors (Lipinski definition) is 5. The van der Waals surface area contributed by atoms with Crippen LogP contribution < -0.4 is 22.1 Å². The van der Waals surface area contributed by atoms with E-state index in [1.54, 1.807) is 0 Å². The number of nitrogens with two attached hydrogens (primary N) is 2. The fraction of sp³-hybridized carbons (Fsp3) is 0.750. The van der Waals surface area contributed by atoms with Crippen LogP contribution in [0.3, 0.4) is 0 Å². The normalized spacial score (nSPS) is 19.9. The van der Waals surface area contributed by atoms with Crippen LogP contribution in [0, 0.1) is 0 Å². The quantitative estimate of drug-likeness (QED) is 0.225. The first-order chi connectivity index (χ1) is 9.50. The summed E-state index contributed by atoms with van der Waals surface area (Å²) < 4.78 is 0. The summed E-state index contributed by atoms with van der Waals surface area (Å²) in [6.07, 6.45) is 3.56. The first-order valence-corrected chi connectivity index (χ1v) is 6.82. The molecule has 0 aliphatic carbocycles. The van der Waals surface area contributed by atoms with Crippen LogP contribution >= 0.6 is 0 Å². The Hall–Kier alpha value is -1.83. The van der Waals surface area contributed by atoms with Crippen LogP contribution in [-0.4, -0.2) is 48.1 Å². The monoisotopic (exact) mass is 285 g/mol. The first-order valence-electron chi connectivity index (χ1n) is 6.82. The van der Waals surface area contributed by atoms with E-state index in [1.165, 1.54) is 0 Å². The molecule has 1 rings (SSSR count). The molecule has 0 aromatic heterocycles. The van der Waals surface area contributed by atoms with Crippen molar-refractivity contribution >= 4 is 17.8 Å². The molecule has 8 heteroatoms. The van der Waals surface area contributed by atoms with E-state index in [0.717, 1.165) is 25.8 Å². The van der Waals surface area contributed by atoms with Crippen molar-refractivity contribution in [3.63, 3.8) is 0 Å². The second kappa shape index (κ2) is 8.36. The lowest BCUT2D eigenvalue weighted by Crippen LogP contribution is -2.51. The van der Waals surface area contributed by atoms with Crippen LogP contribution in [0.4, 0.5) is 0 Å². The predicted molar refractivity (Wildman–Crippen MR) is 75.1 cm³/mol. The number of amides is 1. The molecule has 7 N–H and O–H groups in total. The largest absolute Gasteiger partial charge is 0.480 e. The number of carbonyl (C=O) groups excluding carboxylic acids is 1. The van der Waals surface area contributed by atoms with Crippen molar-refractivity contribution in [2.45, 2.75) is 44.2 Å². The fourth-order valence-corrected chi connectivity index (χ4v) is 2.11. The van der Waals surface area contributed by atoms with Gasteiger partial charge in [0.05, 0.1) is 6.04 Å². The summed E-state index contributed by atoms with van der Waals surface area (Å²) in [5.74, 6) is -1.31. The van der Waals surface area contributed by atoms with Gasteiger partial charge in [-0.25, -0.2) is 4.79 Å². The zero-order valence-electron chi connectivity index (χ0n) is 11.5. The third-order valence-electron chi connectivity index (χ3n) is 3.19. The number of rotatable bonds is 7. The molecular weight excluding hydrogens is 262 g/mol. The van der Waals surface area contributed by atoms with Gasteiger partial charge >= 0.3 is 5.97 Å². The van der Waals surface area contributed by atoms with Gasteiger partial charge < -0.3 is 27.2 Å². The number of nitrogens with zero attached hydrogens (tertiary/aromatic N) is 1. The van der Waals surface area contributed by atoms with Crippen molar-refractivity contribution in [1.29, 1.82) is 0 Å². The van der Waals surface area contributed by atoms with Crippen molar-refractivity contribution in [1.82, 2.24) is 10.6 Å². The summed E-state index contributed by atoms with van der Waals surface area (Å²) in [5, 5.41) is 14.8. The fourth-order valence-electron chi connectivity index (χ4n) is 2.11. The maximum atomic E-state index is 11.9. The third kappa shape index (κ3) is 5.87. The standard InChI is InChI=1S/C12H23N5O3/c13-12(14)16-7-3-5-9(11(19)20)17-10(18)8-4-1-2-6-15-8/h8-9,15H,1-7H2,(H,17,18)(H,19,20)(H4,13,14,16)/t8?,9-/m0/s1. The van der Waals surface area contributed by atoms with Crippen LogP contribution in [0.25, 0.3) is 0 Å². The molecule has 8 nitrogen and oxygen atoms in total. The Labute approximate surface area is 118 Å². The van der Waals surface area contributed by atoms with E-state index < -0.39 is 12.0 Å². The highest BCUT2D eigenvalue weighted by Crippen LogP contribution is 2.08. The lowest BCUT2D eigenvalue weighted by atomic mass is 10.0. The summed E-state index contributed by atoms with van der Waals surface area (Å²) in [4.78, 5) is 26.9. The summed E-state index contributed by atoms with van der Waals surface area (Å²) in [7, 11) is 0. The van der Waals surface area contributed by atoms with E-state index in [9.17, 15) is 9.59 Å². The molecule has 1 unspecified atom stereocenters. The molecule has 0 bridgehead atoms. The van der Waals surface area contributed by atoms with Crippen molar-refractivity contribution in [3.05, 3.63) is 0 Å². The topological polar surface area (TPSA) is 143 Å². The highest BCUT2D eigenvalue weighted by Gasteiger charge is 2.25. The molecule has 0 radical (unpaired) electrons. The second-order valence-corrected chi connectivity index (χ2v) is 4.85. The highest BCUT2D eigenvalue weighted by molar-refractivity contribution is 5.86. The van der Waals surface area contributed by atoms with Gasteiger partial charge in [0, 0.05) is 6.54 Å². The number of guanidine groups is 1. The maximum absolute atomic E-state index is 11.9. The summed E-state index contributed by atoms with van der Waals surface area (Å²) >= 11 is 0. The summed E-state index contributed by atoms with van der Waals surface area (Å²) in [6, 6.07) is -1.19. The smallest absolute Gasteiger partial charge is 0.326 e. The second-order valence-electron chi connectivity index (χ2n) is 4.85. The van der Waals surface area contributed by atoms with Crippen LogP contribution in [0.2, 0.25) is 0 Å². The van der Waals surface area contributed by atoms with Crippen LogP contribution in [0.5, 0.6) is 0 Å². The van der Waals surface area contributed by atoms with Crippen molar-refractivity contribution in [2.24, 2.45) is 16.5 Å². The Morgan fingerprint density at radius 1 is 1.40 bits per heavy atom. The Bertz CT molecular complexity index is 362. The molecule has 0 spiro atoms. The van der Waals surface area contributed by atoms with Gasteiger partial charge in [0.1, 0.15) is 6.04 Å². The average molecular weight is 285 g/mol. The minimum absolute atomic E-state index is 0.0210. The van der Waals surface area contributed by atoms with Gasteiger partial charge in [0.2, 0.25) is 5.91 Å². The van der Waals surface area contributed by atoms with E-state index in [0.29, 0.717) is 19.4 Å². The van der Waals surface area contributed by atoms with Gasteiger partial charge in [-0.15, -0.1) is 0 Å².